The molecule has 0 saturated carbocycles. The van der Waals surface area contributed by atoms with Crippen molar-refractivity contribution in [3.05, 3.63) is 12.3 Å². The first-order chi connectivity index (χ1) is 13.6. The summed E-state index contributed by atoms with van der Waals surface area (Å²) in [5.41, 5.74) is 0. The SMILES string of the molecule is C=C(CN1CCN2CCN(CCC(=O)OCC)CCN(CC2)CC1)OOCC. The molecule has 8 nitrogen and oxygen atoms in total. The summed E-state index contributed by atoms with van der Waals surface area (Å²) in [6.45, 7) is 20.5. The normalized spacial score (nSPS) is 24.9. The number of carbonyl (C=O) groups excluding carboxylic acids is 1. The van der Waals surface area contributed by atoms with Crippen LogP contribution in [-0.4, -0.2) is 117 Å². The Labute approximate surface area is 169 Å². The molecule has 0 amide bonds. The largest absolute Gasteiger partial charge is 0.466 e. The first kappa shape index (κ1) is 23.1. The summed E-state index contributed by atoms with van der Waals surface area (Å²) in [7, 11) is 0. The zero-order valence-corrected chi connectivity index (χ0v) is 17.7. The van der Waals surface area contributed by atoms with E-state index in [1.165, 1.54) is 0 Å². The van der Waals surface area contributed by atoms with Crippen LogP contribution in [0.1, 0.15) is 20.3 Å². The fourth-order valence-corrected chi connectivity index (χ4v) is 3.59. The van der Waals surface area contributed by atoms with E-state index in [9.17, 15) is 4.79 Å². The molecule has 2 atom stereocenters. The topological polar surface area (TPSA) is 57.7 Å². The van der Waals surface area contributed by atoms with Gasteiger partial charge in [-0.1, -0.05) is 6.58 Å². The molecule has 0 N–H and O–H groups in total. The third-order valence-corrected chi connectivity index (χ3v) is 5.29. The minimum Gasteiger partial charge on any atom is -0.466 e. The molecule has 2 fully saturated rings. The Morgan fingerprint density at radius 3 is 1.89 bits per heavy atom. The van der Waals surface area contributed by atoms with Gasteiger partial charge in [-0.2, -0.15) is 4.89 Å². The van der Waals surface area contributed by atoms with E-state index in [1.807, 2.05) is 13.8 Å². The molecule has 2 aliphatic rings. The average Bonchev–Trinajstić information content (AvgIpc) is 2.83. The van der Waals surface area contributed by atoms with Gasteiger partial charge in [0.05, 0.1) is 26.2 Å². The Hall–Kier alpha value is -1.19. The molecule has 0 aromatic carbocycles. The Bertz CT molecular complexity index is 457. The van der Waals surface area contributed by atoms with Gasteiger partial charge in [0.25, 0.3) is 0 Å². The lowest BCUT2D eigenvalue weighted by molar-refractivity contribution is -0.260. The maximum atomic E-state index is 11.7. The van der Waals surface area contributed by atoms with E-state index in [0.717, 1.165) is 72.0 Å². The number of esters is 1. The van der Waals surface area contributed by atoms with E-state index in [2.05, 4.69) is 26.2 Å². The van der Waals surface area contributed by atoms with Crippen molar-refractivity contribution in [2.75, 3.05) is 91.8 Å². The number of hydrogen-bond acceptors (Lipinski definition) is 8. The lowest BCUT2D eigenvalue weighted by atomic mass is 10.3. The summed E-state index contributed by atoms with van der Waals surface area (Å²) in [4.78, 5) is 31.8. The van der Waals surface area contributed by atoms with Crippen molar-refractivity contribution in [2.24, 2.45) is 0 Å². The predicted octanol–water partition coefficient (Wildman–Crippen LogP) is 0.657. The Morgan fingerprint density at radius 2 is 1.36 bits per heavy atom. The van der Waals surface area contributed by atoms with Crippen molar-refractivity contribution in [1.29, 1.82) is 0 Å². The molecule has 2 bridgehead atoms. The van der Waals surface area contributed by atoms with Crippen LogP contribution in [0.4, 0.5) is 0 Å². The molecule has 0 aromatic heterocycles. The molecule has 0 aromatic rings. The highest BCUT2D eigenvalue weighted by atomic mass is 17.2. The van der Waals surface area contributed by atoms with E-state index < -0.39 is 0 Å². The van der Waals surface area contributed by atoms with Crippen LogP contribution in [0.15, 0.2) is 12.3 Å². The summed E-state index contributed by atoms with van der Waals surface area (Å²) in [5, 5.41) is 0. The number of ether oxygens (including phenoxy) is 1. The molecule has 2 aliphatic heterocycles. The van der Waals surface area contributed by atoms with E-state index in [4.69, 9.17) is 14.5 Å². The average molecular weight is 399 g/mol. The lowest BCUT2D eigenvalue weighted by Crippen LogP contribution is -2.43. The van der Waals surface area contributed by atoms with Crippen molar-refractivity contribution < 1.29 is 19.3 Å². The monoisotopic (exact) mass is 398 g/mol. The quantitative estimate of drug-likeness (QED) is 0.243. The highest BCUT2D eigenvalue weighted by Gasteiger charge is 2.21. The fourth-order valence-electron chi connectivity index (χ4n) is 3.59. The van der Waals surface area contributed by atoms with Crippen LogP contribution >= 0.6 is 0 Å². The van der Waals surface area contributed by atoms with Gasteiger partial charge in [-0.15, -0.1) is 0 Å². The Kier molecular flexibility index (Phi) is 10.8. The third kappa shape index (κ3) is 8.87. The summed E-state index contributed by atoms with van der Waals surface area (Å²) in [6.07, 6.45) is 0.476. The second-order valence-electron chi connectivity index (χ2n) is 7.38. The van der Waals surface area contributed by atoms with E-state index in [-0.39, 0.29) is 5.97 Å². The van der Waals surface area contributed by atoms with Gasteiger partial charge in [0, 0.05) is 72.0 Å². The van der Waals surface area contributed by atoms with Gasteiger partial charge in [0.2, 0.25) is 0 Å². The molecule has 2 saturated heterocycles. The number of nitrogens with zero attached hydrogens (tertiary/aromatic N) is 4. The summed E-state index contributed by atoms with van der Waals surface area (Å²) >= 11 is 0. The third-order valence-electron chi connectivity index (χ3n) is 5.29. The van der Waals surface area contributed by atoms with Gasteiger partial charge in [0.15, 0.2) is 0 Å². The molecule has 2 unspecified atom stereocenters. The summed E-state index contributed by atoms with van der Waals surface area (Å²) < 4.78 is 5.07. The first-order valence-corrected chi connectivity index (χ1v) is 10.6. The first-order valence-electron chi connectivity index (χ1n) is 10.6. The molecule has 162 valence electrons. The molecule has 2 rings (SSSR count). The van der Waals surface area contributed by atoms with E-state index in [1.54, 1.807) is 0 Å². The molecular weight excluding hydrogens is 360 g/mol. The van der Waals surface area contributed by atoms with Crippen LogP contribution in [-0.2, 0) is 19.3 Å². The summed E-state index contributed by atoms with van der Waals surface area (Å²) in [5.74, 6) is 0.568. The highest BCUT2D eigenvalue weighted by molar-refractivity contribution is 5.69. The standard InChI is InChI=1S/C20H38N4O4/c1-4-26-20(25)6-7-21-8-10-22-12-13-23(11-9-21)15-17-24(16-14-22)18-19(3)28-27-5-2/h3-18H2,1-2H3. The maximum absolute atomic E-state index is 11.7. The predicted molar refractivity (Wildman–Crippen MR) is 109 cm³/mol. The van der Waals surface area contributed by atoms with Crippen LogP contribution in [0.3, 0.4) is 0 Å². The van der Waals surface area contributed by atoms with Crippen molar-refractivity contribution in [1.82, 2.24) is 19.6 Å². The molecule has 8 heteroatoms. The summed E-state index contributed by atoms with van der Waals surface area (Å²) in [6, 6.07) is 0. The molecule has 0 aliphatic carbocycles. The number of rotatable bonds is 9. The van der Waals surface area contributed by atoms with Crippen molar-refractivity contribution >= 4 is 5.97 Å². The number of fused-ring (bicyclic) bond motifs is 3. The number of carbonyl (C=O) groups is 1. The van der Waals surface area contributed by atoms with Crippen LogP contribution in [0, 0.1) is 0 Å². The van der Waals surface area contributed by atoms with Gasteiger partial charge in [-0.25, -0.2) is 0 Å². The van der Waals surface area contributed by atoms with Crippen LogP contribution in [0.5, 0.6) is 0 Å². The molecule has 0 radical (unpaired) electrons. The lowest BCUT2D eigenvalue weighted by Gasteiger charge is -2.29. The smallest absolute Gasteiger partial charge is 0.307 e. The van der Waals surface area contributed by atoms with Gasteiger partial charge < -0.3 is 14.5 Å². The van der Waals surface area contributed by atoms with Crippen LogP contribution in [0.25, 0.3) is 0 Å². The van der Waals surface area contributed by atoms with Crippen LogP contribution < -0.4 is 0 Å². The van der Waals surface area contributed by atoms with E-state index in [0.29, 0.717) is 31.9 Å². The molecular formula is C20H38N4O4. The zero-order chi connectivity index (χ0) is 20.2. The minimum absolute atomic E-state index is 0.0951. The van der Waals surface area contributed by atoms with Gasteiger partial charge >= 0.3 is 5.97 Å². The second kappa shape index (κ2) is 13.1. The van der Waals surface area contributed by atoms with E-state index >= 15 is 0 Å². The van der Waals surface area contributed by atoms with Gasteiger partial charge in [-0.05, 0) is 13.8 Å². The Morgan fingerprint density at radius 1 is 0.821 bits per heavy atom. The van der Waals surface area contributed by atoms with Crippen LogP contribution in [0.2, 0.25) is 0 Å². The zero-order valence-electron chi connectivity index (χ0n) is 17.7. The fraction of sp³-hybridized carbons (Fsp3) is 0.850. The second-order valence-corrected chi connectivity index (χ2v) is 7.38. The van der Waals surface area contributed by atoms with Crippen molar-refractivity contribution in [3.8, 4) is 0 Å². The van der Waals surface area contributed by atoms with Crippen molar-refractivity contribution in [3.63, 3.8) is 0 Å². The Balaban J connectivity index is 1.86. The molecule has 0 spiro atoms. The molecule has 2 heterocycles. The van der Waals surface area contributed by atoms with Crippen molar-refractivity contribution in [2.45, 2.75) is 20.3 Å². The maximum Gasteiger partial charge on any atom is 0.307 e. The minimum atomic E-state index is -0.0951. The van der Waals surface area contributed by atoms with Gasteiger partial charge in [0.1, 0.15) is 5.76 Å². The molecule has 28 heavy (non-hydrogen) atoms. The van der Waals surface area contributed by atoms with Gasteiger partial charge in [-0.3, -0.25) is 19.5 Å². The highest BCUT2D eigenvalue weighted by Crippen LogP contribution is 2.07. The number of hydrogen-bond donors (Lipinski definition) is 0.